The van der Waals surface area contributed by atoms with E-state index in [1.807, 2.05) is 0 Å². The van der Waals surface area contributed by atoms with Crippen LogP contribution in [0.1, 0.15) is 17.0 Å². The van der Waals surface area contributed by atoms with Crippen molar-refractivity contribution in [1.29, 1.82) is 0 Å². The summed E-state index contributed by atoms with van der Waals surface area (Å²) in [4.78, 5) is 3.33. The van der Waals surface area contributed by atoms with E-state index >= 15 is 0 Å². The van der Waals surface area contributed by atoms with Gasteiger partial charge in [-0.1, -0.05) is 0 Å². The van der Waals surface area contributed by atoms with Crippen LogP contribution >= 0.6 is 0 Å². The molecule has 2 N–H and O–H groups in total. The molecule has 2 rings (SSSR count). The lowest BCUT2D eigenvalue weighted by molar-refractivity contribution is -0.0503. The average Bonchev–Trinajstić information content (AvgIpc) is 2.38. The Bertz CT molecular complexity index is 321. The minimum atomic E-state index is 0.0411. The Balaban J connectivity index is 2.13. The predicted molar refractivity (Wildman–Crippen MR) is 56.6 cm³/mol. The van der Waals surface area contributed by atoms with Crippen LogP contribution in [0.2, 0.25) is 0 Å². The number of methoxy groups -OCH3 is 1. The number of hydrogen-bond acceptors (Lipinski definition) is 2. The van der Waals surface area contributed by atoms with Crippen LogP contribution in [-0.2, 0) is 11.2 Å². The van der Waals surface area contributed by atoms with Crippen LogP contribution in [0.5, 0.6) is 0 Å². The maximum Gasteiger partial charge on any atom is 0.0966 e. The summed E-state index contributed by atoms with van der Waals surface area (Å²) >= 11 is 0. The second kappa shape index (κ2) is 3.41. The first-order valence-electron chi connectivity index (χ1n) is 5.06. The second-order valence-corrected chi connectivity index (χ2v) is 4.27. The van der Waals surface area contributed by atoms with Crippen molar-refractivity contribution in [1.82, 2.24) is 10.3 Å². The number of aromatic nitrogens is 1. The molecule has 0 aliphatic carbocycles. The van der Waals surface area contributed by atoms with E-state index in [9.17, 15) is 0 Å². The van der Waals surface area contributed by atoms with Gasteiger partial charge in [0.1, 0.15) is 0 Å². The number of aryl methyl sites for hydroxylation is 2. The summed E-state index contributed by atoms with van der Waals surface area (Å²) in [5.41, 5.74) is 3.92. The number of aromatic amines is 1. The number of ether oxygens (including phenoxy) is 1. The van der Waals surface area contributed by atoms with Gasteiger partial charge in [-0.05, 0) is 25.5 Å². The number of nitrogens with one attached hydrogen (secondary N) is 2. The molecule has 0 spiro atoms. The normalized spacial score (nSPS) is 19.4. The molecular formula is C11H18N2O. The molecule has 78 valence electrons. The van der Waals surface area contributed by atoms with E-state index in [0.717, 1.165) is 19.5 Å². The lowest BCUT2D eigenvalue weighted by atomic mass is 9.89. The minimum absolute atomic E-state index is 0.0411. The van der Waals surface area contributed by atoms with Crippen LogP contribution in [0.25, 0.3) is 0 Å². The Morgan fingerprint density at radius 2 is 2.14 bits per heavy atom. The van der Waals surface area contributed by atoms with Crippen LogP contribution < -0.4 is 5.32 Å². The van der Waals surface area contributed by atoms with Gasteiger partial charge in [0.25, 0.3) is 0 Å². The van der Waals surface area contributed by atoms with Crippen molar-refractivity contribution in [2.24, 2.45) is 0 Å². The zero-order valence-electron chi connectivity index (χ0n) is 9.11. The summed E-state index contributed by atoms with van der Waals surface area (Å²) in [6, 6.07) is 2.22. The van der Waals surface area contributed by atoms with Crippen LogP contribution in [-0.4, -0.2) is 30.8 Å². The van der Waals surface area contributed by atoms with Gasteiger partial charge in [0, 0.05) is 38.0 Å². The third-order valence-corrected chi connectivity index (χ3v) is 3.10. The van der Waals surface area contributed by atoms with Gasteiger partial charge < -0.3 is 15.0 Å². The Hall–Kier alpha value is -0.800. The van der Waals surface area contributed by atoms with Gasteiger partial charge in [-0.2, -0.15) is 0 Å². The number of rotatable bonds is 3. The fraction of sp³-hybridized carbons (Fsp3) is 0.636. The molecule has 0 radical (unpaired) electrons. The highest BCUT2D eigenvalue weighted by Gasteiger charge is 2.37. The smallest absolute Gasteiger partial charge is 0.0966 e. The van der Waals surface area contributed by atoms with Gasteiger partial charge in [0.15, 0.2) is 0 Å². The van der Waals surface area contributed by atoms with Crippen molar-refractivity contribution in [3.63, 3.8) is 0 Å². The molecule has 0 saturated carbocycles. The molecule has 3 nitrogen and oxygen atoms in total. The van der Waals surface area contributed by atoms with Crippen molar-refractivity contribution in [3.05, 3.63) is 23.0 Å². The van der Waals surface area contributed by atoms with Crippen molar-refractivity contribution >= 4 is 0 Å². The molecule has 2 heterocycles. The van der Waals surface area contributed by atoms with Crippen LogP contribution in [0.4, 0.5) is 0 Å². The van der Waals surface area contributed by atoms with Crippen LogP contribution in [0.15, 0.2) is 6.07 Å². The van der Waals surface area contributed by atoms with E-state index in [1.54, 1.807) is 7.11 Å². The first kappa shape index (κ1) is 9.74. The number of H-pyrrole nitrogens is 1. The molecule has 1 fully saturated rings. The molecule has 0 aromatic carbocycles. The minimum Gasteiger partial charge on any atom is -0.375 e. The van der Waals surface area contributed by atoms with E-state index in [-0.39, 0.29) is 5.60 Å². The van der Waals surface area contributed by atoms with Crippen molar-refractivity contribution in [3.8, 4) is 0 Å². The topological polar surface area (TPSA) is 37.0 Å². The summed E-state index contributed by atoms with van der Waals surface area (Å²) in [6.45, 7) is 6.15. The third-order valence-electron chi connectivity index (χ3n) is 3.10. The van der Waals surface area contributed by atoms with Crippen molar-refractivity contribution in [2.45, 2.75) is 25.9 Å². The highest BCUT2D eigenvalue weighted by atomic mass is 16.5. The maximum absolute atomic E-state index is 5.57. The van der Waals surface area contributed by atoms with Gasteiger partial charge >= 0.3 is 0 Å². The number of hydrogen-bond donors (Lipinski definition) is 2. The lowest BCUT2D eigenvalue weighted by Gasteiger charge is -2.41. The summed E-state index contributed by atoms with van der Waals surface area (Å²) in [5.74, 6) is 0. The molecule has 1 aromatic heterocycles. The third kappa shape index (κ3) is 1.57. The first-order chi connectivity index (χ1) is 6.65. The van der Waals surface area contributed by atoms with E-state index in [2.05, 4.69) is 30.2 Å². The Kier molecular flexibility index (Phi) is 2.37. The Labute approximate surface area is 84.9 Å². The molecule has 1 aliphatic rings. The largest absolute Gasteiger partial charge is 0.375 e. The molecule has 14 heavy (non-hydrogen) atoms. The van der Waals surface area contributed by atoms with E-state index < -0.39 is 0 Å². The molecule has 1 saturated heterocycles. The van der Waals surface area contributed by atoms with Crippen LogP contribution in [0, 0.1) is 13.8 Å². The summed E-state index contributed by atoms with van der Waals surface area (Å²) in [6.07, 6.45) is 1.01. The van der Waals surface area contributed by atoms with E-state index in [4.69, 9.17) is 4.74 Å². The van der Waals surface area contributed by atoms with E-state index in [1.165, 1.54) is 17.0 Å². The van der Waals surface area contributed by atoms with E-state index in [0.29, 0.717) is 0 Å². The highest BCUT2D eigenvalue weighted by Crippen LogP contribution is 2.23. The summed E-state index contributed by atoms with van der Waals surface area (Å²) in [5, 5.41) is 3.26. The SMILES string of the molecule is COC1(Cc2cc(C)[nH]c2C)CNC1. The summed E-state index contributed by atoms with van der Waals surface area (Å²) < 4.78 is 5.57. The van der Waals surface area contributed by atoms with Gasteiger partial charge in [-0.15, -0.1) is 0 Å². The van der Waals surface area contributed by atoms with Gasteiger partial charge in [0.2, 0.25) is 0 Å². The Morgan fingerprint density at radius 1 is 1.43 bits per heavy atom. The molecule has 3 heteroatoms. The monoisotopic (exact) mass is 194 g/mol. The highest BCUT2D eigenvalue weighted by molar-refractivity contribution is 5.27. The molecule has 0 bridgehead atoms. The standard InChI is InChI=1S/C11H18N2O/c1-8-4-10(9(2)13-8)5-11(14-3)6-12-7-11/h4,12-13H,5-7H2,1-3H3. The molecule has 1 aromatic rings. The molecular weight excluding hydrogens is 176 g/mol. The first-order valence-corrected chi connectivity index (χ1v) is 5.06. The van der Waals surface area contributed by atoms with Crippen LogP contribution in [0.3, 0.4) is 0 Å². The summed E-state index contributed by atoms with van der Waals surface area (Å²) in [7, 11) is 1.80. The zero-order valence-corrected chi connectivity index (χ0v) is 9.11. The maximum atomic E-state index is 5.57. The molecule has 0 atom stereocenters. The predicted octanol–water partition coefficient (Wildman–Crippen LogP) is 1.16. The molecule has 0 unspecified atom stereocenters. The molecule has 1 aliphatic heterocycles. The zero-order chi connectivity index (χ0) is 10.2. The molecule has 0 amide bonds. The second-order valence-electron chi connectivity index (χ2n) is 4.27. The quantitative estimate of drug-likeness (QED) is 0.757. The fourth-order valence-corrected chi connectivity index (χ4v) is 2.06. The van der Waals surface area contributed by atoms with Gasteiger partial charge in [-0.3, -0.25) is 0 Å². The fourth-order valence-electron chi connectivity index (χ4n) is 2.06. The average molecular weight is 194 g/mol. The van der Waals surface area contributed by atoms with Gasteiger partial charge in [0.05, 0.1) is 5.60 Å². The van der Waals surface area contributed by atoms with Crippen molar-refractivity contribution in [2.75, 3.05) is 20.2 Å². The lowest BCUT2D eigenvalue weighted by Crippen LogP contribution is -2.61. The Morgan fingerprint density at radius 3 is 2.50 bits per heavy atom. The van der Waals surface area contributed by atoms with Crippen molar-refractivity contribution < 1.29 is 4.74 Å². The van der Waals surface area contributed by atoms with Gasteiger partial charge in [-0.25, -0.2) is 0 Å².